The van der Waals surface area contributed by atoms with Gasteiger partial charge in [0.05, 0.1) is 0 Å². The SMILES string of the molecule is CC[CH]S[CH]CC. The van der Waals surface area contributed by atoms with Gasteiger partial charge in [-0.3, -0.25) is 0 Å². The fourth-order valence-corrected chi connectivity index (χ4v) is 0.781. The van der Waals surface area contributed by atoms with Crippen molar-refractivity contribution in [2.75, 3.05) is 0 Å². The van der Waals surface area contributed by atoms with E-state index >= 15 is 0 Å². The molecule has 0 aliphatic rings. The standard InChI is InChI=1S/C6H12S/c1-3-5-7-6-4-2/h5-6H,3-4H2,1-2H3. The van der Waals surface area contributed by atoms with Crippen LogP contribution in [0.1, 0.15) is 26.7 Å². The maximum Gasteiger partial charge on any atom is 0.0167 e. The molecule has 0 aromatic carbocycles. The molecule has 7 heavy (non-hydrogen) atoms. The average Bonchev–Trinajstić information content (AvgIpc) is 1.69. The summed E-state index contributed by atoms with van der Waals surface area (Å²) < 4.78 is 0. The lowest BCUT2D eigenvalue weighted by atomic mass is 10.6. The topological polar surface area (TPSA) is 0 Å². The highest BCUT2D eigenvalue weighted by molar-refractivity contribution is 8.03. The summed E-state index contributed by atoms with van der Waals surface area (Å²) in [6.07, 6.45) is 2.34. The summed E-state index contributed by atoms with van der Waals surface area (Å²) >= 11 is 1.80. The molecule has 2 radical (unpaired) electrons. The van der Waals surface area contributed by atoms with E-state index in [1.54, 1.807) is 11.8 Å². The number of hydrogen-bond donors (Lipinski definition) is 0. The molecule has 0 rings (SSSR count). The second-order valence-electron chi connectivity index (χ2n) is 1.29. The van der Waals surface area contributed by atoms with Crippen LogP contribution in [0.15, 0.2) is 0 Å². The first-order valence-electron chi connectivity index (χ1n) is 2.70. The van der Waals surface area contributed by atoms with E-state index in [1.165, 1.54) is 12.8 Å². The zero-order chi connectivity index (χ0) is 5.54. The molecule has 0 bridgehead atoms. The van der Waals surface area contributed by atoms with Crippen LogP contribution < -0.4 is 0 Å². The fourth-order valence-electron chi connectivity index (χ4n) is 0.260. The zero-order valence-electron chi connectivity index (χ0n) is 4.98. The van der Waals surface area contributed by atoms with Gasteiger partial charge in [-0.1, -0.05) is 13.8 Å². The van der Waals surface area contributed by atoms with Crippen molar-refractivity contribution in [3.8, 4) is 0 Å². The van der Waals surface area contributed by atoms with Crippen molar-refractivity contribution in [1.82, 2.24) is 0 Å². The molecular formula is C6H12S. The summed E-state index contributed by atoms with van der Waals surface area (Å²) in [6, 6.07) is 0. The Kier molecular flexibility index (Phi) is 6.67. The predicted octanol–water partition coefficient (Wildman–Crippen LogP) is 2.86. The Hall–Kier alpha value is 0.350. The minimum Gasteiger partial charge on any atom is -0.153 e. The van der Waals surface area contributed by atoms with Gasteiger partial charge < -0.3 is 0 Å². The molecule has 1 heteroatoms. The molecule has 0 nitrogen and oxygen atoms in total. The molecule has 0 fully saturated rings. The highest BCUT2D eigenvalue weighted by Crippen LogP contribution is 2.12. The van der Waals surface area contributed by atoms with Gasteiger partial charge in [0.2, 0.25) is 0 Å². The van der Waals surface area contributed by atoms with Gasteiger partial charge >= 0.3 is 0 Å². The van der Waals surface area contributed by atoms with Gasteiger partial charge in [-0.2, -0.15) is 11.8 Å². The molecule has 0 spiro atoms. The van der Waals surface area contributed by atoms with Crippen LogP contribution in [0.25, 0.3) is 0 Å². The van der Waals surface area contributed by atoms with E-state index in [9.17, 15) is 0 Å². The summed E-state index contributed by atoms with van der Waals surface area (Å²) in [5.41, 5.74) is 0. The Labute approximate surface area is 50.7 Å². The number of hydrogen-bond acceptors (Lipinski definition) is 1. The molecule has 42 valence electrons. The van der Waals surface area contributed by atoms with Gasteiger partial charge in [0.25, 0.3) is 0 Å². The summed E-state index contributed by atoms with van der Waals surface area (Å²) in [7, 11) is 0. The highest BCUT2D eigenvalue weighted by Gasteiger charge is 1.81. The minimum absolute atomic E-state index is 1.17. The molecule has 0 aliphatic heterocycles. The first-order valence-corrected chi connectivity index (χ1v) is 3.64. The largest absolute Gasteiger partial charge is 0.153 e. The minimum atomic E-state index is 1.17. The average molecular weight is 116 g/mol. The van der Waals surface area contributed by atoms with Crippen molar-refractivity contribution in [3.63, 3.8) is 0 Å². The van der Waals surface area contributed by atoms with E-state index in [0.29, 0.717) is 0 Å². The van der Waals surface area contributed by atoms with Gasteiger partial charge in [-0.25, -0.2) is 0 Å². The summed E-state index contributed by atoms with van der Waals surface area (Å²) in [5, 5.41) is 0. The van der Waals surface area contributed by atoms with E-state index in [1.807, 2.05) is 0 Å². The van der Waals surface area contributed by atoms with Crippen molar-refractivity contribution in [2.45, 2.75) is 26.7 Å². The molecule has 0 amide bonds. The molecular weight excluding hydrogens is 104 g/mol. The Morgan fingerprint density at radius 3 is 1.86 bits per heavy atom. The molecule has 0 heterocycles. The number of rotatable bonds is 4. The first-order chi connectivity index (χ1) is 3.41. The second kappa shape index (κ2) is 6.35. The quantitative estimate of drug-likeness (QED) is 0.509. The van der Waals surface area contributed by atoms with Crippen LogP contribution in [0.4, 0.5) is 0 Å². The summed E-state index contributed by atoms with van der Waals surface area (Å²) in [4.78, 5) is 0. The fraction of sp³-hybridized carbons (Fsp3) is 0.667. The van der Waals surface area contributed by atoms with E-state index in [0.717, 1.165) is 0 Å². The van der Waals surface area contributed by atoms with Crippen LogP contribution in [0.2, 0.25) is 0 Å². The van der Waals surface area contributed by atoms with Gasteiger partial charge in [-0.15, -0.1) is 0 Å². The zero-order valence-corrected chi connectivity index (χ0v) is 5.79. The monoisotopic (exact) mass is 116 g/mol. The van der Waals surface area contributed by atoms with E-state index in [2.05, 4.69) is 25.4 Å². The molecule has 0 saturated heterocycles. The lowest BCUT2D eigenvalue weighted by Gasteiger charge is -1.90. The molecule has 0 aromatic rings. The van der Waals surface area contributed by atoms with Crippen LogP contribution >= 0.6 is 11.8 Å². The highest BCUT2D eigenvalue weighted by atomic mass is 32.2. The molecule has 0 unspecified atom stereocenters. The van der Waals surface area contributed by atoms with Crippen molar-refractivity contribution in [1.29, 1.82) is 0 Å². The van der Waals surface area contributed by atoms with Crippen LogP contribution in [0, 0.1) is 11.5 Å². The van der Waals surface area contributed by atoms with Crippen LogP contribution in [-0.4, -0.2) is 0 Å². The lowest BCUT2D eigenvalue weighted by molar-refractivity contribution is 1.18. The first kappa shape index (κ1) is 7.35. The van der Waals surface area contributed by atoms with Crippen molar-refractivity contribution < 1.29 is 0 Å². The predicted molar refractivity (Wildman–Crippen MR) is 36.8 cm³/mol. The van der Waals surface area contributed by atoms with Crippen LogP contribution in [0.5, 0.6) is 0 Å². The van der Waals surface area contributed by atoms with Crippen molar-refractivity contribution in [2.24, 2.45) is 0 Å². The molecule has 0 aromatic heterocycles. The third kappa shape index (κ3) is 6.35. The maximum atomic E-state index is 2.20. The molecule has 0 atom stereocenters. The third-order valence-electron chi connectivity index (χ3n) is 0.526. The summed E-state index contributed by atoms with van der Waals surface area (Å²) in [5.74, 6) is 4.40. The van der Waals surface area contributed by atoms with Crippen molar-refractivity contribution in [3.05, 3.63) is 11.5 Å². The molecule has 0 saturated carbocycles. The summed E-state index contributed by atoms with van der Waals surface area (Å²) in [6.45, 7) is 4.30. The second-order valence-corrected chi connectivity index (χ2v) is 2.22. The lowest BCUT2D eigenvalue weighted by Crippen LogP contribution is -1.63. The van der Waals surface area contributed by atoms with Gasteiger partial charge in [0.15, 0.2) is 0 Å². The van der Waals surface area contributed by atoms with E-state index in [-0.39, 0.29) is 0 Å². The Balaban J connectivity index is 2.45. The van der Waals surface area contributed by atoms with Crippen LogP contribution in [-0.2, 0) is 0 Å². The molecule has 0 aliphatic carbocycles. The van der Waals surface area contributed by atoms with E-state index in [4.69, 9.17) is 0 Å². The van der Waals surface area contributed by atoms with Gasteiger partial charge in [0.1, 0.15) is 0 Å². The normalized spacial score (nSPS) is 9.43. The van der Waals surface area contributed by atoms with Gasteiger partial charge in [0, 0.05) is 11.5 Å². The number of thioether (sulfide) groups is 1. The Morgan fingerprint density at radius 2 is 1.57 bits per heavy atom. The maximum absolute atomic E-state index is 2.20. The molecule has 0 N–H and O–H groups in total. The van der Waals surface area contributed by atoms with E-state index < -0.39 is 0 Å². The van der Waals surface area contributed by atoms with Crippen molar-refractivity contribution >= 4 is 11.8 Å². The Morgan fingerprint density at radius 1 is 1.14 bits per heavy atom. The third-order valence-corrected chi connectivity index (χ3v) is 1.58. The van der Waals surface area contributed by atoms with Crippen LogP contribution in [0.3, 0.4) is 0 Å². The smallest absolute Gasteiger partial charge is 0.0167 e. The van der Waals surface area contributed by atoms with Gasteiger partial charge in [-0.05, 0) is 12.8 Å². The Bertz CT molecular complexity index is 23.4.